The predicted molar refractivity (Wildman–Crippen MR) is 57.1 cm³/mol. The van der Waals surface area contributed by atoms with Crippen molar-refractivity contribution in [3.05, 3.63) is 27.4 Å². The highest BCUT2D eigenvalue weighted by Gasteiger charge is 2.20. The van der Waals surface area contributed by atoms with Crippen LogP contribution in [0.3, 0.4) is 0 Å². The van der Waals surface area contributed by atoms with Gasteiger partial charge in [-0.25, -0.2) is 0 Å². The van der Waals surface area contributed by atoms with Gasteiger partial charge in [-0.1, -0.05) is 0 Å². The van der Waals surface area contributed by atoms with Crippen LogP contribution >= 0.6 is 12.2 Å². The summed E-state index contributed by atoms with van der Waals surface area (Å²) in [6, 6.07) is 1.54. The van der Waals surface area contributed by atoms with E-state index in [2.05, 4.69) is 10.3 Å². The molecule has 0 aromatic carbocycles. The SMILES string of the molecule is O=C1CCC(Cn2ccc(=O)[nH]c2=S)N1. The molecule has 15 heavy (non-hydrogen) atoms. The van der Waals surface area contributed by atoms with Gasteiger partial charge in [0.2, 0.25) is 5.91 Å². The molecule has 1 atom stereocenters. The van der Waals surface area contributed by atoms with Gasteiger partial charge in [0.05, 0.1) is 0 Å². The van der Waals surface area contributed by atoms with Gasteiger partial charge in [-0.3, -0.25) is 14.6 Å². The minimum absolute atomic E-state index is 0.0796. The Hall–Kier alpha value is -1.43. The Labute approximate surface area is 91.1 Å². The number of aromatic nitrogens is 2. The van der Waals surface area contributed by atoms with Gasteiger partial charge in [0.1, 0.15) is 0 Å². The predicted octanol–water partition coefficient (Wildman–Crippen LogP) is 0.184. The molecule has 1 fully saturated rings. The number of amides is 1. The van der Waals surface area contributed by atoms with Crippen LogP contribution in [0, 0.1) is 4.77 Å². The lowest BCUT2D eigenvalue weighted by Crippen LogP contribution is -2.30. The fourth-order valence-corrected chi connectivity index (χ4v) is 1.88. The molecular formula is C9H11N3O2S. The van der Waals surface area contributed by atoms with Crippen molar-refractivity contribution in [3.8, 4) is 0 Å². The van der Waals surface area contributed by atoms with Gasteiger partial charge in [0, 0.05) is 31.3 Å². The highest BCUT2D eigenvalue weighted by atomic mass is 32.1. The number of aromatic amines is 1. The zero-order chi connectivity index (χ0) is 10.8. The summed E-state index contributed by atoms with van der Waals surface area (Å²) in [7, 11) is 0. The normalized spacial score (nSPS) is 20.3. The molecule has 1 unspecified atom stereocenters. The van der Waals surface area contributed by atoms with E-state index >= 15 is 0 Å². The standard InChI is InChI=1S/C9H11N3O2S/c13-7-2-1-6(10-7)5-12-4-3-8(14)11-9(12)15/h3-4,6H,1-2,5H2,(H,10,13)(H,11,14,15). The Morgan fingerprint density at radius 2 is 2.33 bits per heavy atom. The largest absolute Gasteiger partial charge is 0.352 e. The Morgan fingerprint density at radius 3 is 2.93 bits per heavy atom. The number of carbonyl (C=O) groups is 1. The van der Waals surface area contributed by atoms with Crippen LogP contribution in [-0.4, -0.2) is 21.5 Å². The Bertz CT molecular complexity index is 491. The van der Waals surface area contributed by atoms with E-state index in [-0.39, 0.29) is 17.5 Å². The fraction of sp³-hybridized carbons (Fsp3) is 0.444. The third-order valence-corrected chi connectivity index (χ3v) is 2.74. The average Bonchev–Trinajstić information content (AvgIpc) is 2.56. The van der Waals surface area contributed by atoms with Crippen molar-refractivity contribution in [1.82, 2.24) is 14.9 Å². The molecule has 1 aliphatic heterocycles. The van der Waals surface area contributed by atoms with Gasteiger partial charge in [0.15, 0.2) is 4.77 Å². The van der Waals surface area contributed by atoms with Crippen LogP contribution in [0.1, 0.15) is 12.8 Å². The van der Waals surface area contributed by atoms with Gasteiger partial charge in [-0.15, -0.1) is 0 Å². The lowest BCUT2D eigenvalue weighted by molar-refractivity contribution is -0.119. The molecule has 2 heterocycles. The smallest absolute Gasteiger partial charge is 0.251 e. The van der Waals surface area contributed by atoms with Gasteiger partial charge >= 0.3 is 0 Å². The van der Waals surface area contributed by atoms with Crippen LogP contribution in [0.25, 0.3) is 0 Å². The Morgan fingerprint density at radius 1 is 1.53 bits per heavy atom. The van der Waals surface area contributed by atoms with E-state index in [1.807, 2.05) is 0 Å². The number of carbonyl (C=O) groups excluding carboxylic acids is 1. The minimum Gasteiger partial charge on any atom is -0.352 e. The first kappa shape index (κ1) is 10.1. The summed E-state index contributed by atoms with van der Waals surface area (Å²) >= 11 is 5.00. The van der Waals surface area contributed by atoms with Crippen molar-refractivity contribution < 1.29 is 4.79 Å². The van der Waals surface area contributed by atoms with Crippen LogP contribution < -0.4 is 10.9 Å². The summed E-state index contributed by atoms with van der Waals surface area (Å²) < 4.78 is 2.15. The summed E-state index contributed by atoms with van der Waals surface area (Å²) in [5.41, 5.74) is -0.202. The van der Waals surface area contributed by atoms with E-state index in [0.29, 0.717) is 17.7 Å². The maximum atomic E-state index is 11.0. The molecule has 1 aliphatic rings. The Kier molecular flexibility index (Phi) is 2.68. The molecule has 1 aromatic rings. The van der Waals surface area contributed by atoms with E-state index in [1.54, 1.807) is 10.8 Å². The average molecular weight is 225 g/mol. The van der Waals surface area contributed by atoms with E-state index in [1.165, 1.54) is 6.07 Å². The molecule has 1 amide bonds. The quantitative estimate of drug-likeness (QED) is 0.706. The molecule has 2 N–H and O–H groups in total. The van der Waals surface area contributed by atoms with Crippen molar-refractivity contribution in [2.45, 2.75) is 25.4 Å². The zero-order valence-corrected chi connectivity index (χ0v) is 8.84. The molecule has 0 saturated carbocycles. The van der Waals surface area contributed by atoms with Crippen LogP contribution in [-0.2, 0) is 11.3 Å². The molecule has 0 aliphatic carbocycles. The van der Waals surface area contributed by atoms with E-state index in [9.17, 15) is 9.59 Å². The van der Waals surface area contributed by atoms with Crippen molar-refractivity contribution in [3.63, 3.8) is 0 Å². The molecule has 0 radical (unpaired) electrons. The van der Waals surface area contributed by atoms with Crippen molar-refractivity contribution in [1.29, 1.82) is 0 Å². The second kappa shape index (κ2) is 3.98. The first-order chi connectivity index (χ1) is 7.15. The fourth-order valence-electron chi connectivity index (χ4n) is 1.64. The first-order valence-corrected chi connectivity index (χ1v) is 5.15. The van der Waals surface area contributed by atoms with Crippen LogP contribution in [0.2, 0.25) is 0 Å². The monoisotopic (exact) mass is 225 g/mol. The van der Waals surface area contributed by atoms with Crippen molar-refractivity contribution in [2.24, 2.45) is 0 Å². The van der Waals surface area contributed by atoms with Crippen LogP contribution in [0.15, 0.2) is 17.1 Å². The minimum atomic E-state index is -0.202. The number of hydrogen-bond acceptors (Lipinski definition) is 3. The van der Waals surface area contributed by atoms with Crippen molar-refractivity contribution >= 4 is 18.1 Å². The van der Waals surface area contributed by atoms with Crippen LogP contribution in [0.5, 0.6) is 0 Å². The molecule has 6 heteroatoms. The van der Waals surface area contributed by atoms with Gasteiger partial charge in [0.25, 0.3) is 5.56 Å². The molecule has 1 aromatic heterocycles. The molecule has 1 saturated heterocycles. The number of nitrogens with one attached hydrogen (secondary N) is 2. The van der Waals surface area contributed by atoms with Crippen molar-refractivity contribution in [2.75, 3.05) is 0 Å². The van der Waals surface area contributed by atoms with Gasteiger partial charge in [-0.05, 0) is 18.6 Å². The maximum Gasteiger partial charge on any atom is 0.251 e. The number of hydrogen-bond donors (Lipinski definition) is 2. The molecule has 80 valence electrons. The van der Waals surface area contributed by atoms with Gasteiger partial charge in [-0.2, -0.15) is 0 Å². The molecular weight excluding hydrogens is 214 g/mol. The first-order valence-electron chi connectivity index (χ1n) is 4.74. The van der Waals surface area contributed by atoms with E-state index < -0.39 is 0 Å². The van der Waals surface area contributed by atoms with Gasteiger partial charge < -0.3 is 9.88 Å². The highest BCUT2D eigenvalue weighted by Crippen LogP contribution is 2.08. The zero-order valence-electron chi connectivity index (χ0n) is 8.03. The second-order valence-electron chi connectivity index (χ2n) is 3.57. The molecule has 5 nitrogen and oxygen atoms in total. The number of nitrogens with zero attached hydrogens (tertiary/aromatic N) is 1. The van der Waals surface area contributed by atoms with Crippen LogP contribution in [0.4, 0.5) is 0 Å². The number of H-pyrrole nitrogens is 1. The summed E-state index contributed by atoms with van der Waals surface area (Å²) in [5.74, 6) is 0.0796. The van der Waals surface area contributed by atoms with E-state index in [0.717, 1.165) is 6.42 Å². The molecule has 0 spiro atoms. The summed E-state index contributed by atoms with van der Waals surface area (Å²) in [6.07, 6.45) is 3.03. The third-order valence-electron chi connectivity index (χ3n) is 2.40. The second-order valence-corrected chi connectivity index (χ2v) is 3.95. The Balaban J connectivity index is 2.14. The number of rotatable bonds is 2. The third kappa shape index (κ3) is 2.33. The van der Waals surface area contributed by atoms with E-state index in [4.69, 9.17) is 12.2 Å². The maximum absolute atomic E-state index is 11.0. The lowest BCUT2D eigenvalue weighted by atomic mass is 10.2. The summed E-state index contributed by atoms with van der Waals surface area (Å²) in [6.45, 7) is 0.612. The summed E-state index contributed by atoms with van der Waals surface area (Å²) in [4.78, 5) is 24.4. The molecule has 2 rings (SSSR count). The lowest BCUT2D eigenvalue weighted by Gasteiger charge is -2.12. The molecule has 0 bridgehead atoms. The topological polar surface area (TPSA) is 66.9 Å². The highest BCUT2D eigenvalue weighted by molar-refractivity contribution is 7.71. The summed E-state index contributed by atoms with van der Waals surface area (Å²) in [5, 5.41) is 2.85.